The van der Waals surface area contributed by atoms with Crippen molar-refractivity contribution in [3.8, 4) is 0 Å². The topological polar surface area (TPSA) is 86.7 Å². The van der Waals surface area contributed by atoms with Crippen LogP contribution in [0.2, 0.25) is 0 Å². The summed E-state index contributed by atoms with van der Waals surface area (Å²) in [5.41, 5.74) is 2.06. The first-order chi connectivity index (χ1) is 18.2. The van der Waals surface area contributed by atoms with E-state index < -0.39 is 23.4 Å². The number of pyridine rings is 1. The largest absolute Gasteiger partial charge is 0.321 e. The van der Waals surface area contributed by atoms with Crippen molar-refractivity contribution in [2.75, 3.05) is 10.2 Å². The van der Waals surface area contributed by atoms with Gasteiger partial charge in [-0.15, -0.1) is 0 Å². The monoisotopic (exact) mass is 507 g/mol. The number of aliphatic imine (C=N–C) groups is 1. The van der Waals surface area contributed by atoms with Crippen molar-refractivity contribution in [1.29, 1.82) is 0 Å². The number of benzodiazepines with no additional fused rings is 1. The van der Waals surface area contributed by atoms with Gasteiger partial charge in [-0.05, 0) is 74.4 Å². The number of aromatic nitrogens is 1. The summed E-state index contributed by atoms with van der Waals surface area (Å²) in [6, 6.07) is 23.6. The Hall–Kier alpha value is -4.85. The van der Waals surface area contributed by atoms with E-state index in [4.69, 9.17) is 4.99 Å². The van der Waals surface area contributed by atoms with Crippen LogP contribution >= 0.6 is 0 Å². The fraction of sp³-hybridized carbons (Fsp3) is 0.133. The smallest absolute Gasteiger partial charge is 0.308 e. The van der Waals surface area contributed by atoms with E-state index in [1.807, 2.05) is 38.1 Å². The minimum atomic E-state index is -1.81. The fourth-order valence-electron chi connectivity index (χ4n) is 4.44. The molecule has 0 aliphatic carbocycles. The number of nitrogens with zero attached hydrogens (tertiary/aromatic N) is 3. The second-order valence-corrected chi connectivity index (χ2v) is 9.31. The maximum atomic E-state index is 15.1. The molecule has 1 aliphatic rings. The number of para-hydroxylation sites is 1. The van der Waals surface area contributed by atoms with Gasteiger partial charge in [-0.1, -0.05) is 42.5 Å². The third kappa shape index (κ3) is 4.76. The first-order valence-electron chi connectivity index (χ1n) is 12.1. The molecule has 0 radical (unpaired) electrons. The lowest BCUT2D eigenvalue weighted by Crippen LogP contribution is -2.56. The molecule has 7 nitrogen and oxygen atoms in total. The zero-order chi connectivity index (χ0) is 26.9. The van der Waals surface area contributed by atoms with Crippen LogP contribution in [0.4, 0.5) is 26.4 Å². The van der Waals surface area contributed by atoms with Gasteiger partial charge in [0, 0.05) is 23.0 Å². The second kappa shape index (κ2) is 9.89. The van der Waals surface area contributed by atoms with Crippen LogP contribution in [0.15, 0.2) is 96.1 Å². The molecule has 190 valence electrons. The van der Waals surface area contributed by atoms with E-state index in [1.165, 1.54) is 17.9 Å². The number of nitrogens with one attached hydrogen (secondary N) is 2. The van der Waals surface area contributed by atoms with Gasteiger partial charge < -0.3 is 10.6 Å². The summed E-state index contributed by atoms with van der Waals surface area (Å²) in [5, 5.41) is 5.51. The van der Waals surface area contributed by atoms with E-state index in [2.05, 4.69) is 15.6 Å². The number of carbonyl (C=O) groups excluding carboxylic acids is 2. The SMILES string of the molecule is Cc1cccc(NC(=O)NC2(C)N=C(c3ccccc3F)c3ccccc3N(c3cc(C)ccn3)C2=O)c1. The van der Waals surface area contributed by atoms with Crippen LogP contribution in [0.1, 0.15) is 29.2 Å². The minimum Gasteiger partial charge on any atom is -0.308 e. The van der Waals surface area contributed by atoms with Gasteiger partial charge >= 0.3 is 6.03 Å². The quantitative estimate of drug-likeness (QED) is 0.361. The summed E-state index contributed by atoms with van der Waals surface area (Å²) >= 11 is 0. The van der Waals surface area contributed by atoms with Crippen molar-refractivity contribution in [3.05, 3.63) is 119 Å². The van der Waals surface area contributed by atoms with Crippen molar-refractivity contribution >= 4 is 34.8 Å². The fourth-order valence-corrected chi connectivity index (χ4v) is 4.44. The van der Waals surface area contributed by atoms with Crippen LogP contribution in [0.5, 0.6) is 0 Å². The van der Waals surface area contributed by atoms with Gasteiger partial charge in [-0.3, -0.25) is 9.69 Å². The van der Waals surface area contributed by atoms with E-state index >= 15 is 4.39 Å². The number of urea groups is 1. The molecular formula is C30H26FN5O2. The van der Waals surface area contributed by atoms with Crippen LogP contribution in [-0.2, 0) is 4.79 Å². The second-order valence-electron chi connectivity index (χ2n) is 9.31. The molecule has 3 amide bonds. The molecule has 8 heteroatoms. The van der Waals surface area contributed by atoms with Crippen molar-refractivity contribution in [2.45, 2.75) is 26.4 Å². The lowest BCUT2D eigenvalue weighted by molar-refractivity contribution is -0.122. The minimum absolute atomic E-state index is 0.207. The van der Waals surface area contributed by atoms with Gasteiger partial charge in [-0.2, -0.15) is 0 Å². The molecule has 4 aromatic rings. The van der Waals surface area contributed by atoms with E-state index in [9.17, 15) is 9.59 Å². The van der Waals surface area contributed by atoms with E-state index in [1.54, 1.807) is 60.8 Å². The third-order valence-corrected chi connectivity index (χ3v) is 6.25. The van der Waals surface area contributed by atoms with Crippen molar-refractivity contribution in [1.82, 2.24) is 10.3 Å². The summed E-state index contributed by atoms with van der Waals surface area (Å²) < 4.78 is 15.1. The number of fused-ring (bicyclic) bond motifs is 1. The standard InChI is InChI=1S/C30H26FN5O2/c1-19-9-8-10-21(17-19)33-29(38)35-30(3)28(37)36(26-18-20(2)15-16-32-26)25-14-7-5-12-23(25)27(34-30)22-11-4-6-13-24(22)31/h4-18H,1-3H3,(H2,33,35,38). The molecule has 0 spiro atoms. The highest BCUT2D eigenvalue weighted by Gasteiger charge is 2.44. The van der Waals surface area contributed by atoms with Crippen LogP contribution < -0.4 is 15.5 Å². The molecule has 2 heterocycles. The number of benzene rings is 3. The number of rotatable bonds is 4. The summed E-state index contributed by atoms with van der Waals surface area (Å²) in [6.07, 6.45) is 1.61. The van der Waals surface area contributed by atoms with Gasteiger partial charge in [-0.25, -0.2) is 19.2 Å². The van der Waals surface area contributed by atoms with Crippen LogP contribution in [0, 0.1) is 19.7 Å². The van der Waals surface area contributed by atoms with Gasteiger partial charge in [0.2, 0.25) is 5.66 Å². The number of hydrogen-bond acceptors (Lipinski definition) is 4. The number of amides is 3. The molecule has 5 rings (SSSR count). The zero-order valence-electron chi connectivity index (χ0n) is 21.2. The summed E-state index contributed by atoms with van der Waals surface area (Å²) in [7, 11) is 0. The van der Waals surface area contributed by atoms with E-state index in [0.717, 1.165) is 11.1 Å². The third-order valence-electron chi connectivity index (χ3n) is 6.25. The highest BCUT2D eigenvalue weighted by Crippen LogP contribution is 2.36. The Morgan fingerprint density at radius 1 is 0.895 bits per heavy atom. The van der Waals surface area contributed by atoms with Gasteiger partial charge in [0.05, 0.1) is 11.4 Å². The Morgan fingerprint density at radius 2 is 1.61 bits per heavy atom. The molecule has 1 unspecified atom stereocenters. The Morgan fingerprint density at radius 3 is 2.34 bits per heavy atom. The number of aryl methyl sites for hydroxylation is 2. The lowest BCUT2D eigenvalue weighted by atomic mass is 9.99. The summed E-state index contributed by atoms with van der Waals surface area (Å²) in [5.74, 6) is -0.685. The maximum absolute atomic E-state index is 15.1. The Balaban J connectivity index is 1.68. The molecular weight excluding hydrogens is 481 g/mol. The van der Waals surface area contributed by atoms with Crippen LogP contribution in [0.3, 0.4) is 0 Å². The van der Waals surface area contributed by atoms with E-state index in [0.29, 0.717) is 22.8 Å². The molecule has 2 N–H and O–H groups in total. The average Bonchev–Trinajstić information content (AvgIpc) is 2.97. The normalized spacial score (nSPS) is 16.8. The number of halogens is 1. The lowest BCUT2D eigenvalue weighted by Gasteiger charge is -2.30. The Kier molecular flexibility index (Phi) is 6.46. The van der Waals surface area contributed by atoms with Crippen molar-refractivity contribution in [3.63, 3.8) is 0 Å². The van der Waals surface area contributed by atoms with Gasteiger partial charge in [0.1, 0.15) is 11.6 Å². The van der Waals surface area contributed by atoms with Crippen LogP contribution in [0.25, 0.3) is 0 Å². The Bertz CT molecular complexity index is 1580. The molecule has 3 aromatic carbocycles. The summed E-state index contributed by atoms with van der Waals surface area (Å²) in [6.45, 7) is 5.31. The number of hydrogen-bond donors (Lipinski definition) is 2. The van der Waals surface area contributed by atoms with Crippen LogP contribution in [-0.4, -0.2) is 28.3 Å². The summed E-state index contributed by atoms with van der Waals surface area (Å²) in [4.78, 5) is 38.1. The highest BCUT2D eigenvalue weighted by atomic mass is 19.1. The molecule has 38 heavy (non-hydrogen) atoms. The molecule has 0 saturated carbocycles. The maximum Gasteiger partial charge on any atom is 0.321 e. The van der Waals surface area contributed by atoms with E-state index in [-0.39, 0.29) is 11.3 Å². The highest BCUT2D eigenvalue weighted by molar-refractivity contribution is 6.22. The zero-order valence-corrected chi connectivity index (χ0v) is 21.2. The first kappa shape index (κ1) is 24.8. The van der Waals surface area contributed by atoms with Crippen molar-refractivity contribution < 1.29 is 14.0 Å². The van der Waals surface area contributed by atoms with Gasteiger partial charge in [0.25, 0.3) is 5.91 Å². The number of anilines is 3. The van der Waals surface area contributed by atoms with Gasteiger partial charge in [0.15, 0.2) is 0 Å². The predicted octanol–water partition coefficient (Wildman–Crippen LogP) is 5.89. The molecule has 0 bridgehead atoms. The molecule has 0 saturated heterocycles. The molecule has 1 atom stereocenters. The number of carbonyl (C=O) groups is 2. The predicted molar refractivity (Wildman–Crippen MR) is 146 cm³/mol. The van der Waals surface area contributed by atoms with Crippen molar-refractivity contribution in [2.24, 2.45) is 4.99 Å². The Labute approximate surface area is 220 Å². The first-order valence-corrected chi connectivity index (χ1v) is 12.1. The molecule has 1 aliphatic heterocycles. The molecule has 0 fully saturated rings. The average molecular weight is 508 g/mol. The molecule has 1 aromatic heterocycles.